The Balaban J connectivity index is 1.67. The summed E-state index contributed by atoms with van der Waals surface area (Å²) in [6.45, 7) is 1.33. The van der Waals surface area contributed by atoms with Gasteiger partial charge in [-0.25, -0.2) is 0 Å². The summed E-state index contributed by atoms with van der Waals surface area (Å²) in [4.78, 5) is 44.5. The smallest absolute Gasteiger partial charge is 0.258 e. The predicted molar refractivity (Wildman–Crippen MR) is 169 cm³/mol. The summed E-state index contributed by atoms with van der Waals surface area (Å²) in [7, 11) is -1.14. The van der Waals surface area contributed by atoms with Gasteiger partial charge in [-0.3, -0.25) is 14.4 Å². The van der Waals surface area contributed by atoms with E-state index < -0.39 is 36.8 Å². The van der Waals surface area contributed by atoms with Gasteiger partial charge in [0.15, 0.2) is 0 Å². The number of amides is 3. The maximum absolute atomic E-state index is 14.5. The zero-order valence-electron chi connectivity index (χ0n) is 26.4. The Kier molecular flexibility index (Phi) is 7.63. The number of hydrogen-bond donors (Lipinski definition) is 2. The van der Waals surface area contributed by atoms with Crippen molar-refractivity contribution in [2.24, 2.45) is 0 Å². The molecular formula is C33H30BrN5O4. The average molecular weight is 644 g/mol. The van der Waals surface area contributed by atoms with Gasteiger partial charge in [0.2, 0.25) is 5.91 Å². The van der Waals surface area contributed by atoms with Gasteiger partial charge < -0.3 is 25.2 Å². The summed E-state index contributed by atoms with van der Waals surface area (Å²) >= 11 is 3.48. The minimum absolute atomic E-state index is 0.0688. The number of halogens is 1. The molecule has 218 valence electrons. The van der Waals surface area contributed by atoms with E-state index in [9.17, 15) is 19.6 Å². The first-order chi connectivity index (χ1) is 21.9. The molecule has 0 unspecified atom stereocenters. The number of fused-ring (bicyclic) bond motifs is 2. The van der Waals surface area contributed by atoms with Crippen molar-refractivity contribution < 1.29 is 23.2 Å². The largest absolute Gasteiger partial charge is 0.496 e. The molecule has 3 amide bonds. The average Bonchev–Trinajstić information content (AvgIpc) is 3.15. The zero-order chi connectivity index (χ0) is 33.2. The molecule has 0 saturated heterocycles. The summed E-state index contributed by atoms with van der Waals surface area (Å²) in [6, 6.07) is 22.0. The van der Waals surface area contributed by atoms with Gasteiger partial charge in [-0.1, -0.05) is 40.2 Å². The van der Waals surface area contributed by atoms with Crippen LogP contribution in [0.25, 0.3) is 10.8 Å². The molecule has 0 aromatic heterocycles. The van der Waals surface area contributed by atoms with Crippen molar-refractivity contribution in [3.8, 4) is 11.8 Å². The molecule has 5 rings (SSSR count). The van der Waals surface area contributed by atoms with Crippen LogP contribution in [0, 0.1) is 11.3 Å². The molecule has 0 fully saturated rings. The number of ether oxygens (including phenoxy) is 1. The SMILES string of the molecule is [2H]C([2H])([2H])Oc1ccc2cc(Br)ccc2c1CN1C(=O)[C@@H](NC(=O)[C@H](C)NC)CN(C(=O)c2ccc(C#N)cc2)c2ccccc21. The molecule has 4 aromatic carbocycles. The van der Waals surface area contributed by atoms with Gasteiger partial charge in [0.05, 0.1) is 53.3 Å². The number of likely N-dealkylation sites (N-methyl/N-ethyl adjacent to an activating group) is 1. The van der Waals surface area contributed by atoms with Crippen molar-refractivity contribution in [2.45, 2.75) is 25.6 Å². The molecule has 0 radical (unpaired) electrons. The van der Waals surface area contributed by atoms with Crippen LogP contribution < -0.4 is 25.2 Å². The minimum Gasteiger partial charge on any atom is -0.496 e. The first-order valence-corrected chi connectivity index (χ1v) is 14.3. The van der Waals surface area contributed by atoms with Gasteiger partial charge in [-0.2, -0.15) is 5.26 Å². The van der Waals surface area contributed by atoms with Crippen molar-refractivity contribution in [3.05, 3.63) is 100 Å². The predicted octanol–water partition coefficient (Wildman–Crippen LogP) is 4.77. The van der Waals surface area contributed by atoms with E-state index in [0.29, 0.717) is 27.9 Å². The van der Waals surface area contributed by atoms with Crippen LogP contribution in [0.3, 0.4) is 0 Å². The van der Waals surface area contributed by atoms with Crippen molar-refractivity contribution in [1.29, 1.82) is 5.26 Å². The molecule has 1 heterocycles. The number of rotatable bonds is 7. The van der Waals surface area contributed by atoms with Crippen molar-refractivity contribution in [2.75, 3.05) is 30.4 Å². The number of carbonyl (C=O) groups is 3. The van der Waals surface area contributed by atoms with E-state index in [4.69, 9.17) is 8.85 Å². The van der Waals surface area contributed by atoms with E-state index in [0.717, 1.165) is 9.86 Å². The van der Waals surface area contributed by atoms with E-state index >= 15 is 0 Å². The molecule has 0 spiro atoms. The third-order valence-electron chi connectivity index (χ3n) is 7.52. The molecule has 0 aliphatic carbocycles. The number of nitrogens with one attached hydrogen (secondary N) is 2. The van der Waals surface area contributed by atoms with Gasteiger partial charge in [0, 0.05) is 15.6 Å². The maximum atomic E-state index is 14.5. The molecule has 2 atom stereocenters. The molecule has 43 heavy (non-hydrogen) atoms. The van der Waals surface area contributed by atoms with Crippen LogP contribution in [-0.2, 0) is 16.1 Å². The highest BCUT2D eigenvalue weighted by molar-refractivity contribution is 9.10. The Morgan fingerprint density at radius 1 is 1.12 bits per heavy atom. The topological polar surface area (TPSA) is 115 Å². The van der Waals surface area contributed by atoms with Crippen LogP contribution in [0.15, 0.2) is 83.3 Å². The van der Waals surface area contributed by atoms with E-state index in [1.54, 1.807) is 50.4 Å². The van der Waals surface area contributed by atoms with E-state index in [1.165, 1.54) is 34.1 Å². The number of nitriles is 1. The van der Waals surface area contributed by atoms with Crippen LogP contribution >= 0.6 is 15.9 Å². The lowest BCUT2D eigenvalue weighted by Crippen LogP contribution is -2.55. The lowest BCUT2D eigenvalue weighted by molar-refractivity contribution is -0.128. The molecule has 9 nitrogen and oxygen atoms in total. The highest BCUT2D eigenvalue weighted by Gasteiger charge is 2.38. The number of carbonyl (C=O) groups excluding carboxylic acids is 3. The molecule has 1 aliphatic rings. The van der Waals surface area contributed by atoms with Gasteiger partial charge in [-0.05, 0) is 79.3 Å². The van der Waals surface area contributed by atoms with Crippen LogP contribution in [0.4, 0.5) is 11.4 Å². The Morgan fingerprint density at radius 2 is 1.86 bits per heavy atom. The monoisotopic (exact) mass is 642 g/mol. The maximum Gasteiger partial charge on any atom is 0.258 e. The third-order valence-corrected chi connectivity index (χ3v) is 8.01. The molecule has 4 aromatic rings. The molecule has 1 aliphatic heterocycles. The first kappa shape index (κ1) is 25.9. The quantitative estimate of drug-likeness (QED) is 0.300. The standard InChI is InChI=1S/C33H30BrN5O4/c1-20(36-2)31(40)37-27-19-39(32(41)22-10-8-21(17-35)9-11-22)29-7-5-4-6-28(29)38(33(27)42)18-26-25-14-13-24(34)16-23(25)12-15-30(26)43-3/h4-16,20,27,36H,18-19H2,1-3H3,(H,37,40)/t20-,27-/m0/s1/i3D3. The number of benzene rings is 4. The fourth-order valence-corrected chi connectivity index (χ4v) is 5.46. The second-order valence-electron chi connectivity index (χ2n) is 10.1. The number of hydrogen-bond acceptors (Lipinski definition) is 6. The number of anilines is 2. The zero-order valence-corrected chi connectivity index (χ0v) is 25.0. The molecule has 0 saturated carbocycles. The van der Waals surface area contributed by atoms with Crippen molar-refractivity contribution in [3.63, 3.8) is 0 Å². The van der Waals surface area contributed by atoms with Crippen molar-refractivity contribution in [1.82, 2.24) is 10.6 Å². The Labute approximate surface area is 262 Å². The highest BCUT2D eigenvalue weighted by atomic mass is 79.9. The summed E-state index contributed by atoms with van der Waals surface area (Å²) in [5.41, 5.74) is 1.89. The third kappa shape index (κ3) is 5.95. The summed E-state index contributed by atoms with van der Waals surface area (Å²) < 4.78 is 29.6. The highest BCUT2D eigenvalue weighted by Crippen LogP contribution is 2.38. The van der Waals surface area contributed by atoms with Crippen LogP contribution in [0.5, 0.6) is 5.75 Å². The van der Waals surface area contributed by atoms with E-state index in [1.807, 2.05) is 24.3 Å². The molecular weight excluding hydrogens is 610 g/mol. The lowest BCUT2D eigenvalue weighted by atomic mass is 10.0. The van der Waals surface area contributed by atoms with Crippen molar-refractivity contribution >= 4 is 55.8 Å². The van der Waals surface area contributed by atoms with Gasteiger partial charge in [0.25, 0.3) is 11.8 Å². The Hall–Kier alpha value is -4.72. The van der Waals surface area contributed by atoms with Gasteiger partial charge >= 0.3 is 0 Å². The summed E-state index contributed by atoms with van der Waals surface area (Å²) in [6.07, 6.45) is 0. The second kappa shape index (κ2) is 12.7. The van der Waals surface area contributed by atoms with Gasteiger partial charge in [-0.15, -0.1) is 0 Å². The van der Waals surface area contributed by atoms with Crippen LogP contribution in [0.1, 0.15) is 32.5 Å². The lowest BCUT2D eigenvalue weighted by Gasteiger charge is -2.27. The Morgan fingerprint density at radius 3 is 2.56 bits per heavy atom. The Bertz CT molecular complexity index is 1860. The van der Waals surface area contributed by atoms with Crippen LogP contribution in [-0.4, -0.2) is 50.4 Å². The van der Waals surface area contributed by atoms with Gasteiger partial charge in [0.1, 0.15) is 11.8 Å². The van der Waals surface area contributed by atoms with Crippen LogP contribution in [0.2, 0.25) is 0 Å². The number of nitrogens with zero attached hydrogens (tertiary/aromatic N) is 3. The molecule has 2 N–H and O–H groups in total. The normalized spacial score (nSPS) is 16.7. The summed E-state index contributed by atoms with van der Waals surface area (Å²) in [5, 5.41) is 16.3. The fourth-order valence-electron chi connectivity index (χ4n) is 5.08. The minimum atomic E-state index is -2.76. The number of methoxy groups -OCH3 is 1. The fraction of sp³-hybridized carbons (Fsp3) is 0.212. The second-order valence-corrected chi connectivity index (χ2v) is 11.0. The molecule has 0 bridgehead atoms. The number of para-hydroxylation sites is 2. The first-order valence-electron chi connectivity index (χ1n) is 15.0. The van der Waals surface area contributed by atoms with E-state index in [-0.39, 0.29) is 24.4 Å². The van der Waals surface area contributed by atoms with E-state index in [2.05, 4.69) is 26.6 Å². The summed E-state index contributed by atoms with van der Waals surface area (Å²) in [5.74, 6) is -1.32. The molecule has 10 heteroatoms.